The lowest BCUT2D eigenvalue weighted by molar-refractivity contribution is 0.102. The largest absolute Gasteiger partial charge is 0.372 e. The van der Waals surface area contributed by atoms with Crippen LogP contribution >= 0.6 is 0 Å². The van der Waals surface area contributed by atoms with E-state index >= 15 is 0 Å². The number of aromatic amines is 1. The molecule has 0 saturated heterocycles. The Morgan fingerprint density at radius 1 is 1.22 bits per heavy atom. The highest BCUT2D eigenvalue weighted by Gasteiger charge is 2.16. The highest BCUT2D eigenvalue weighted by molar-refractivity contribution is 6.08. The second-order valence-electron chi connectivity index (χ2n) is 4.93. The Labute approximate surface area is 133 Å². The summed E-state index contributed by atoms with van der Waals surface area (Å²) in [5.41, 5.74) is 3.23. The summed E-state index contributed by atoms with van der Waals surface area (Å²) in [6.45, 7) is 1.87. The van der Waals surface area contributed by atoms with Crippen LogP contribution in [0.25, 0.3) is 11.4 Å². The summed E-state index contributed by atoms with van der Waals surface area (Å²) in [5.74, 6) is 0.269. The number of aromatic nitrogens is 4. The second kappa shape index (κ2) is 6.27. The van der Waals surface area contributed by atoms with Gasteiger partial charge in [-0.1, -0.05) is 6.07 Å². The molecule has 7 nitrogen and oxygen atoms in total. The van der Waals surface area contributed by atoms with E-state index in [2.05, 4.69) is 30.8 Å². The van der Waals surface area contributed by atoms with Gasteiger partial charge in [-0.05, 0) is 31.2 Å². The molecule has 1 amide bonds. The summed E-state index contributed by atoms with van der Waals surface area (Å²) in [6.07, 6.45) is 3.24. The van der Waals surface area contributed by atoms with E-state index in [0.717, 1.165) is 5.69 Å². The van der Waals surface area contributed by atoms with E-state index in [1.54, 1.807) is 31.6 Å². The van der Waals surface area contributed by atoms with Gasteiger partial charge in [-0.3, -0.25) is 14.9 Å². The van der Waals surface area contributed by atoms with Crippen molar-refractivity contribution in [3.05, 3.63) is 54.0 Å². The molecule has 0 bridgehead atoms. The highest BCUT2D eigenvalue weighted by atomic mass is 16.1. The van der Waals surface area contributed by atoms with Crippen LogP contribution in [-0.2, 0) is 0 Å². The van der Waals surface area contributed by atoms with Gasteiger partial charge in [0.15, 0.2) is 0 Å². The van der Waals surface area contributed by atoms with Crippen molar-refractivity contribution in [2.24, 2.45) is 0 Å². The van der Waals surface area contributed by atoms with E-state index in [1.807, 2.05) is 25.1 Å². The third-order valence-electron chi connectivity index (χ3n) is 3.32. The van der Waals surface area contributed by atoms with Crippen LogP contribution in [0.5, 0.6) is 0 Å². The number of anilines is 2. The smallest absolute Gasteiger partial charge is 0.259 e. The number of H-pyrrole nitrogens is 1. The van der Waals surface area contributed by atoms with E-state index in [9.17, 15) is 4.79 Å². The first kappa shape index (κ1) is 14.7. The molecule has 3 aromatic rings. The Balaban J connectivity index is 1.89. The molecule has 23 heavy (non-hydrogen) atoms. The van der Waals surface area contributed by atoms with Crippen LogP contribution < -0.4 is 10.6 Å². The van der Waals surface area contributed by atoms with Crippen molar-refractivity contribution in [3.8, 4) is 11.4 Å². The summed E-state index contributed by atoms with van der Waals surface area (Å²) in [7, 11) is 1.73. The maximum Gasteiger partial charge on any atom is 0.259 e. The average molecular weight is 308 g/mol. The van der Waals surface area contributed by atoms with Gasteiger partial charge in [-0.25, -0.2) is 4.98 Å². The van der Waals surface area contributed by atoms with E-state index in [4.69, 9.17) is 0 Å². The number of aryl methyl sites for hydroxylation is 1. The molecule has 3 aromatic heterocycles. The molecule has 0 aliphatic heterocycles. The summed E-state index contributed by atoms with van der Waals surface area (Å²) in [6, 6.07) is 9.08. The van der Waals surface area contributed by atoms with Crippen LogP contribution in [0, 0.1) is 6.92 Å². The minimum Gasteiger partial charge on any atom is -0.372 e. The number of amides is 1. The van der Waals surface area contributed by atoms with E-state index in [0.29, 0.717) is 28.5 Å². The van der Waals surface area contributed by atoms with Gasteiger partial charge in [0.25, 0.3) is 5.91 Å². The number of nitrogens with zero attached hydrogens (tertiary/aromatic N) is 3. The molecule has 0 atom stereocenters. The molecule has 3 heterocycles. The van der Waals surface area contributed by atoms with Crippen molar-refractivity contribution in [1.29, 1.82) is 0 Å². The first-order valence-electron chi connectivity index (χ1n) is 7.10. The fourth-order valence-electron chi connectivity index (χ4n) is 2.21. The minimum atomic E-state index is -0.263. The third-order valence-corrected chi connectivity index (χ3v) is 3.32. The normalized spacial score (nSPS) is 10.3. The van der Waals surface area contributed by atoms with E-state index in [-0.39, 0.29) is 5.91 Å². The van der Waals surface area contributed by atoms with Crippen molar-refractivity contribution in [2.45, 2.75) is 6.92 Å². The van der Waals surface area contributed by atoms with Gasteiger partial charge >= 0.3 is 0 Å². The lowest BCUT2D eigenvalue weighted by Crippen LogP contribution is -2.15. The van der Waals surface area contributed by atoms with Gasteiger partial charge in [0.2, 0.25) is 0 Å². The number of pyridine rings is 2. The molecule has 0 spiro atoms. The number of carbonyl (C=O) groups excluding carboxylic acids is 1. The zero-order valence-corrected chi connectivity index (χ0v) is 12.8. The van der Waals surface area contributed by atoms with Crippen LogP contribution in [0.1, 0.15) is 16.1 Å². The molecule has 116 valence electrons. The molecule has 0 fully saturated rings. The predicted octanol–water partition coefficient (Wildman–Crippen LogP) is 2.47. The number of carbonyl (C=O) groups is 1. The third kappa shape index (κ3) is 3.03. The standard InChI is InChI=1S/C16H16N6O/c1-10-6-7-11(15(17-2)20-10)16(23)21-13-9-19-22-14(13)12-5-3-4-8-18-12/h3-9H,1-2H3,(H,17,20)(H,19,22)(H,21,23). The molecule has 3 N–H and O–H groups in total. The first-order chi connectivity index (χ1) is 11.2. The maximum absolute atomic E-state index is 12.5. The van der Waals surface area contributed by atoms with Crippen LogP contribution in [0.4, 0.5) is 11.5 Å². The molecule has 7 heteroatoms. The Morgan fingerprint density at radius 3 is 2.83 bits per heavy atom. The van der Waals surface area contributed by atoms with Crippen LogP contribution in [0.2, 0.25) is 0 Å². The molecule has 0 aliphatic carbocycles. The van der Waals surface area contributed by atoms with E-state index < -0.39 is 0 Å². The van der Waals surface area contributed by atoms with Gasteiger partial charge in [-0.15, -0.1) is 0 Å². The van der Waals surface area contributed by atoms with Gasteiger partial charge < -0.3 is 10.6 Å². The number of hydrogen-bond donors (Lipinski definition) is 3. The fourth-order valence-corrected chi connectivity index (χ4v) is 2.21. The van der Waals surface area contributed by atoms with Gasteiger partial charge in [0, 0.05) is 18.9 Å². The minimum absolute atomic E-state index is 0.263. The lowest BCUT2D eigenvalue weighted by Gasteiger charge is -2.10. The van der Waals surface area contributed by atoms with Crippen molar-refractivity contribution in [2.75, 3.05) is 17.7 Å². The van der Waals surface area contributed by atoms with Gasteiger partial charge in [0.05, 0.1) is 23.1 Å². The Morgan fingerprint density at radius 2 is 2.09 bits per heavy atom. The summed E-state index contributed by atoms with van der Waals surface area (Å²) in [5, 5.41) is 12.6. The Kier molecular flexibility index (Phi) is 4.01. The van der Waals surface area contributed by atoms with Crippen LogP contribution in [-0.4, -0.2) is 33.1 Å². The van der Waals surface area contributed by atoms with E-state index in [1.165, 1.54) is 0 Å². The summed E-state index contributed by atoms with van der Waals surface area (Å²) in [4.78, 5) is 21.1. The van der Waals surface area contributed by atoms with Crippen molar-refractivity contribution >= 4 is 17.4 Å². The molecule has 0 aromatic carbocycles. The summed E-state index contributed by atoms with van der Waals surface area (Å²) < 4.78 is 0. The van der Waals surface area contributed by atoms with Gasteiger partial charge in [0.1, 0.15) is 11.5 Å². The molecular formula is C16H16N6O. The summed E-state index contributed by atoms with van der Waals surface area (Å²) >= 11 is 0. The Bertz CT molecular complexity index is 828. The molecule has 0 radical (unpaired) electrons. The topological polar surface area (TPSA) is 95.6 Å². The highest BCUT2D eigenvalue weighted by Crippen LogP contribution is 2.24. The molecule has 0 aliphatic rings. The number of nitrogens with one attached hydrogen (secondary N) is 3. The average Bonchev–Trinajstić information content (AvgIpc) is 3.03. The fraction of sp³-hybridized carbons (Fsp3) is 0.125. The predicted molar refractivity (Wildman–Crippen MR) is 88.3 cm³/mol. The van der Waals surface area contributed by atoms with Crippen molar-refractivity contribution in [1.82, 2.24) is 20.2 Å². The zero-order chi connectivity index (χ0) is 16.2. The Hall–Kier alpha value is -3.22. The van der Waals surface area contributed by atoms with Crippen molar-refractivity contribution in [3.63, 3.8) is 0 Å². The lowest BCUT2D eigenvalue weighted by atomic mass is 10.2. The molecule has 0 unspecified atom stereocenters. The zero-order valence-electron chi connectivity index (χ0n) is 12.8. The van der Waals surface area contributed by atoms with Crippen molar-refractivity contribution < 1.29 is 4.79 Å². The number of rotatable bonds is 4. The van der Waals surface area contributed by atoms with Crippen LogP contribution in [0.3, 0.4) is 0 Å². The molecular weight excluding hydrogens is 292 g/mol. The maximum atomic E-state index is 12.5. The first-order valence-corrected chi connectivity index (χ1v) is 7.10. The second-order valence-corrected chi connectivity index (χ2v) is 4.93. The monoisotopic (exact) mass is 308 g/mol. The SMILES string of the molecule is CNc1nc(C)ccc1C(=O)Nc1cn[nH]c1-c1ccccn1. The van der Waals surface area contributed by atoms with Crippen LogP contribution in [0.15, 0.2) is 42.7 Å². The quantitative estimate of drug-likeness (QED) is 0.688. The number of hydrogen-bond acceptors (Lipinski definition) is 5. The molecule has 3 rings (SSSR count). The molecule has 0 saturated carbocycles. The van der Waals surface area contributed by atoms with Gasteiger partial charge in [-0.2, -0.15) is 5.10 Å².